The van der Waals surface area contributed by atoms with E-state index in [9.17, 15) is 0 Å². The van der Waals surface area contributed by atoms with Crippen LogP contribution < -0.4 is 4.65 Å². The molecule has 0 bridgehead atoms. The van der Waals surface area contributed by atoms with E-state index in [-0.39, 0.29) is 7.69 Å². The largest absolute Gasteiger partial charge is 0.539 e. The summed E-state index contributed by atoms with van der Waals surface area (Å²) in [5.41, 5.74) is 2.19. The summed E-state index contributed by atoms with van der Waals surface area (Å²) in [4.78, 5) is 3.33. The molecule has 0 saturated carbocycles. The average molecular weight is 211 g/mol. The fourth-order valence-electron chi connectivity index (χ4n) is 1.99. The van der Waals surface area contributed by atoms with E-state index < -0.39 is 0 Å². The van der Waals surface area contributed by atoms with E-state index in [1.54, 1.807) is 0 Å². The van der Waals surface area contributed by atoms with Crippen LogP contribution in [0.5, 0.6) is 5.75 Å². The number of aromatic amines is 1. The number of hydrogen-bond acceptors (Lipinski definition) is 2. The fraction of sp³-hybridized carbons (Fsp3) is 0. The van der Waals surface area contributed by atoms with Gasteiger partial charge in [-0.25, -0.2) is 0 Å². The lowest BCUT2D eigenvalue weighted by Crippen LogP contribution is -1.99. The molecule has 1 aromatic heterocycles. The fourth-order valence-corrected chi connectivity index (χ4v) is 1.99. The molecular formula is C12H10BNO2. The van der Waals surface area contributed by atoms with Crippen molar-refractivity contribution in [3.05, 3.63) is 42.5 Å². The zero-order valence-corrected chi connectivity index (χ0v) is 8.60. The molecule has 16 heavy (non-hydrogen) atoms. The maximum atomic E-state index is 8.73. The Kier molecular flexibility index (Phi) is 2.08. The van der Waals surface area contributed by atoms with Crippen molar-refractivity contribution in [1.82, 2.24) is 4.98 Å². The number of H-pyrrole nitrogens is 1. The highest BCUT2D eigenvalue weighted by molar-refractivity contribution is 6.17. The van der Waals surface area contributed by atoms with Crippen molar-refractivity contribution in [2.75, 3.05) is 0 Å². The predicted octanol–water partition coefficient (Wildman–Crippen LogP) is 1.96. The molecule has 2 N–H and O–H groups in total. The highest BCUT2D eigenvalue weighted by Gasteiger charge is 2.04. The molecule has 0 fully saturated rings. The SMILES string of the molecule is OBOc1ccc2[nH]c3ccccc3c2c1. The van der Waals surface area contributed by atoms with Crippen molar-refractivity contribution in [2.45, 2.75) is 0 Å². The van der Waals surface area contributed by atoms with Gasteiger partial charge >= 0.3 is 7.69 Å². The Morgan fingerprint density at radius 2 is 1.81 bits per heavy atom. The minimum atomic E-state index is -0.298. The molecule has 78 valence electrons. The van der Waals surface area contributed by atoms with Crippen LogP contribution in [-0.2, 0) is 0 Å². The van der Waals surface area contributed by atoms with Gasteiger partial charge in [0.05, 0.1) is 0 Å². The highest BCUT2D eigenvalue weighted by atomic mass is 16.5. The molecule has 4 heteroatoms. The van der Waals surface area contributed by atoms with E-state index in [0.717, 1.165) is 16.4 Å². The first-order chi connectivity index (χ1) is 7.88. The molecule has 0 aliphatic heterocycles. The summed E-state index contributed by atoms with van der Waals surface area (Å²) in [5, 5.41) is 11.0. The zero-order chi connectivity index (χ0) is 11.0. The standard InChI is InChI=1S/C12H10BNO2/c15-13-16-8-5-6-12-10(7-8)9-3-1-2-4-11(9)14-12/h1-7,13-15H. The van der Waals surface area contributed by atoms with Crippen LogP contribution in [0.15, 0.2) is 42.5 Å². The second-order valence-electron chi connectivity index (χ2n) is 3.65. The first kappa shape index (κ1) is 9.30. The molecule has 0 radical (unpaired) electrons. The van der Waals surface area contributed by atoms with Crippen molar-refractivity contribution < 1.29 is 9.68 Å². The summed E-state index contributed by atoms with van der Waals surface area (Å²) in [6.07, 6.45) is 0. The lowest BCUT2D eigenvalue weighted by Gasteiger charge is -2.01. The van der Waals surface area contributed by atoms with Crippen molar-refractivity contribution in [1.29, 1.82) is 0 Å². The third kappa shape index (κ3) is 1.35. The van der Waals surface area contributed by atoms with E-state index in [0.29, 0.717) is 5.75 Å². The molecule has 0 aliphatic carbocycles. The Morgan fingerprint density at radius 1 is 1.00 bits per heavy atom. The van der Waals surface area contributed by atoms with Crippen LogP contribution in [0.25, 0.3) is 21.8 Å². The first-order valence-electron chi connectivity index (χ1n) is 5.12. The molecule has 2 aromatic carbocycles. The van der Waals surface area contributed by atoms with Crippen LogP contribution in [0.3, 0.4) is 0 Å². The van der Waals surface area contributed by atoms with Crippen LogP contribution in [0.2, 0.25) is 0 Å². The second kappa shape index (κ2) is 3.57. The Hall–Kier alpha value is -1.94. The topological polar surface area (TPSA) is 45.2 Å². The number of fused-ring (bicyclic) bond motifs is 3. The van der Waals surface area contributed by atoms with Crippen LogP contribution in [0.4, 0.5) is 0 Å². The Morgan fingerprint density at radius 3 is 2.69 bits per heavy atom. The third-order valence-electron chi connectivity index (χ3n) is 2.71. The van der Waals surface area contributed by atoms with Crippen molar-refractivity contribution in [2.24, 2.45) is 0 Å². The van der Waals surface area contributed by atoms with Crippen LogP contribution in [0, 0.1) is 0 Å². The first-order valence-corrected chi connectivity index (χ1v) is 5.12. The van der Waals surface area contributed by atoms with Gasteiger partial charge in [-0.2, -0.15) is 0 Å². The molecule has 3 aromatic rings. The smallest absolute Gasteiger partial charge is 0.504 e. The summed E-state index contributed by atoms with van der Waals surface area (Å²) < 4.78 is 5.07. The van der Waals surface area contributed by atoms with E-state index in [4.69, 9.17) is 9.68 Å². The van der Waals surface area contributed by atoms with E-state index in [1.165, 1.54) is 5.39 Å². The molecule has 1 heterocycles. The summed E-state index contributed by atoms with van der Waals surface area (Å²) >= 11 is 0. The van der Waals surface area contributed by atoms with Gasteiger partial charge in [0.15, 0.2) is 0 Å². The molecule has 0 saturated heterocycles. The monoisotopic (exact) mass is 211 g/mol. The number of benzene rings is 2. The normalized spacial score (nSPS) is 10.8. The van der Waals surface area contributed by atoms with E-state index in [2.05, 4.69) is 11.1 Å². The van der Waals surface area contributed by atoms with Gasteiger partial charge in [0, 0.05) is 21.8 Å². The minimum absolute atomic E-state index is 0.298. The molecule has 0 unspecified atom stereocenters. The molecule has 3 nitrogen and oxygen atoms in total. The summed E-state index contributed by atoms with van der Waals surface area (Å²) in [6, 6.07) is 13.9. The van der Waals surface area contributed by atoms with E-state index >= 15 is 0 Å². The minimum Gasteiger partial charge on any atom is -0.539 e. The maximum absolute atomic E-state index is 8.73. The number of nitrogens with one attached hydrogen (secondary N) is 1. The van der Waals surface area contributed by atoms with Gasteiger partial charge in [0.1, 0.15) is 5.75 Å². The van der Waals surface area contributed by atoms with Crippen LogP contribution in [-0.4, -0.2) is 17.7 Å². The number of hydrogen-bond donors (Lipinski definition) is 2. The van der Waals surface area contributed by atoms with Gasteiger partial charge in [-0.1, -0.05) is 18.2 Å². The quantitative estimate of drug-likeness (QED) is 0.636. The van der Waals surface area contributed by atoms with Crippen LogP contribution >= 0.6 is 0 Å². The molecule has 0 spiro atoms. The van der Waals surface area contributed by atoms with Gasteiger partial charge in [0.25, 0.3) is 0 Å². The number of para-hydroxylation sites is 1. The number of rotatable bonds is 2. The van der Waals surface area contributed by atoms with Crippen molar-refractivity contribution >= 4 is 29.5 Å². The second-order valence-corrected chi connectivity index (χ2v) is 3.65. The number of aromatic nitrogens is 1. The van der Waals surface area contributed by atoms with Crippen LogP contribution in [0.1, 0.15) is 0 Å². The van der Waals surface area contributed by atoms with E-state index in [1.807, 2.05) is 36.4 Å². The maximum Gasteiger partial charge on any atom is 0.504 e. The van der Waals surface area contributed by atoms with Gasteiger partial charge < -0.3 is 14.7 Å². The predicted molar refractivity (Wildman–Crippen MR) is 65.8 cm³/mol. The Labute approximate surface area is 93.0 Å². The zero-order valence-electron chi connectivity index (χ0n) is 8.60. The van der Waals surface area contributed by atoms with Gasteiger partial charge in [-0.3, -0.25) is 0 Å². The van der Waals surface area contributed by atoms with Gasteiger partial charge in [-0.15, -0.1) is 0 Å². The molecule has 3 rings (SSSR count). The summed E-state index contributed by atoms with van der Waals surface area (Å²) in [5.74, 6) is 0.680. The molecule has 0 aliphatic rings. The summed E-state index contributed by atoms with van der Waals surface area (Å²) in [7, 11) is -0.298. The molecule has 0 amide bonds. The molecular weight excluding hydrogens is 201 g/mol. The molecule has 0 atom stereocenters. The van der Waals surface area contributed by atoms with Crippen molar-refractivity contribution in [3.8, 4) is 5.75 Å². The van der Waals surface area contributed by atoms with Crippen molar-refractivity contribution in [3.63, 3.8) is 0 Å². The summed E-state index contributed by atoms with van der Waals surface area (Å²) in [6.45, 7) is 0. The van der Waals surface area contributed by atoms with Gasteiger partial charge in [-0.05, 0) is 24.3 Å². The van der Waals surface area contributed by atoms with Gasteiger partial charge in [0.2, 0.25) is 0 Å². The lowest BCUT2D eigenvalue weighted by atomic mass is 10.1. The average Bonchev–Trinajstić information content (AvgIpc) is 2.68. The lowest BCUT2D eigenvalue weighted by molar-refractivity contribution is 0.454. The highest BCUT2D eigenvalue weighted by Crippen LogP contribution is 2.28. The third-order valence-corrected chi connectivity index (χ3v) is 2.71. The Bertz CT molecular complexity index is 648. The Balaban J connectivity index is 2.31.